The largest absolute Gasteiger partial charge is 0.495 e. The van der Waals surface area contributed by atoms with Crippen LogP contribution in [0.25, 0.3) is 10.2 Å². The van der Waals surface area contributed by atoms with Gasteiger partial charge in [-0.05, 0) is 44.7 Å². The van der Waals surface area contributed by atoms with Crippen LogP contribution in [-0.4, -0.2) is 66.8 Å². The van der Waals surface area contributed by atoms with Gasteiger partial charge >= 0.3 is 0 Å². The topological polar surface area (TPSA) is 80.7 Å². The molecule has 0 unspecified atom stereocenters. The van der Waals surface area contributed by atoms with Crippen LogP contribution in [0.5, 0.6) is 11.5 Å². The van der Waals surface area contributed by atoms with Crippen molar-refractivity contribution in [1.82, 2.24) is 19.5 Å². The molecule has 3 rings (SSSR count). The molecule has 2 heterocycles. The third-order valence-electron chi connectivity index (χ3n) is 3.99. The number of ether oxygens (including phenoxy) is 2. The number of aromatic nitrogens is 3. The van der Waals surface area contributed by atoms with Crippen molar-refractivity contribution in [3.63, 3.8) is 0 Å². The lowest BCUT2D eigenvalue weighted by molar-refractivity contribution is 0.0988. The van der Waals surface area contributed by atoms with Crippen molar-refractivity contribution in [2.75, 3.05) is 46.3 Å². The van der Waals surface area contributed by atoms with E-state index >= 15 is 0 Å². The van der Waals surface area contributed by atoms with Gasteiger partial charge < -0.3 is 14.4 Å². The first-order chi connectivity index (χ1) is 13.0. The first-order valence-corrected chi connectivity index (χ1v) is 9.82. The molecule has 11 heteroatoms. The van der Waals surface area contributed by atoms with E-state index in [0.29, 0.717) is 45.8 Å². The molecule has 0 saturated heterocycles. The highest BCUT2D eigenvalue weighted by molar-refractivity contribution is 7.22. The van der Waals surface area contributed by atoms with Crippen LogP contribution in [0, 0.1) is 6.92 Å². The lowest BCUT2D eigenvalue weighted by Crippen LogP contribution is -2.36. The molecule has 0 aliphatic rings. The van der Waals surface area contributed by atoms with Crippen LogP contribution in [0.1, 0.15) is 15.4 Å². The minimum Gasteiger partial charge on any atom is -0.495 e. The van der Waals surface area contributed by atoms with Crippen LogP contribution in [0.2, 0.25) is 0 Å². The summed E-state index contributed by atoms with van der Waals surface area (Å²) in [5.74, 6) is 1.19. The van der Waals surface area contributed by atoms with Crippen molar-refractivity contribution in [1.29, 1.82) is 0 Å². The molecule has 0 spiro atoms. The van der Waals surface area contributed by atoms with Gasteiger partial charge in [0.2, 0.25) is 0 Å². The Labute approximate surface area is 177 Å². The van der Waals surface area contributed by atoms with Crippen molar-refractivity contribution in [2.24, 2.45) is 0 Å². The Morgan fingerprint density at radius 1 is 1.14 bits per heavy atom. The summed E-state index contributed by atoms with van der Waals surface area (Å²) in [5.41, 5.74) is 1.30. The third-order valence-corrected chi connectivity index (χ3v) is 5.90. The molecule has 0 aliphatic carbocycles. The van der Waals surface area contributed by atoms with Gasteiger partial charge in [-0.25, -0.2) is 4.98 Å². The summed E-state index contributed by atoms with van der Waals surface area (Å²) in [6, 6.07) is 3.65. The molecule has 1 aromatic carbocycles. The van der Waals surface area contributed by atoms with E-state index in [1.165, 1.54) is 11.3 Å². The molecule has 0 saturated carbocycles. The Morgan fingerprint density at radius 2 is 1.82 bits per heavy atom. The van der Waals surface area contributed by atoms with E-state index in [0.717, 1.165) is 16.2 Å². The number of carbonyl (C=O) groups excluding carboxylic acids is 1. The van der Waals surface area contributed by atoms with Gasteiger partial charge in [-0.15, -0.1) is 17.5 Å². The fourth-order valence-corrected chi connectivity index (χ4v) is 4.23. The summed E-state index contributed by atoms with van der Waals surface area (Å²) in [6.07, 6.45) is 0. The zero-order chi connectivity index (χ0) is 19.6. The number of hydrogen-bond acceptors (Lipinski definition) is 9. The number of anilines is 1. The number of amides is 1. The number of thiazole rings is 1. The second kappa shape index (κ2) is 9.46. The summed E-state index contributed by atoms with van der Waals surface area (Å²) in [6.45, 7) is 2.97. The van der Waals surface area contributed by atoms with Crippen LogP contribution in [0.15, 0.2) is 12.1 Å². The van der Waals surface area contributed by atoms with E-state index < -0.39 is 0 Å². The van der Waals surface area contributed by atoms with Gasteiger partial charge in [0.05, 0.1) is 19.9 Å². The number of methoxy groups -OCH3 is 2. The van der Waals surface area contributed by atoms with Crippen LogP contribution in [-0.2, 0) is 0 Å². The van der Waals surface area contributed by atoms with Crippen molar-refractivity contribution in [3.05, 3.63) is 22.7 Å². The SMILES string of the molecule is COc1ccc(OC)c2sc(N(CCN(C)C)C(=O)c3snnc3C)nc12.Cl. The summed E-state index contributed by atoms with van der Waals surface area (Å²) < 4.78 is 15.6. The Bertz CT molecular complexity index is 919. The fraction of sp³-hybridized carbons (Fsp3) is 0.412. The number of nitrogens with zero attached hydrogens (tertiary/aromatic N) is 5. The highest BCUT2D eigenvalue weighted by Gasteiger charge is 2.26. The molecule has 0 radical (unpaired) electrons. The lowest BCUT2D eigenvalue weighted by Gasteiger charge is -2.21. The van der Waals surface area contributed by atoms with Crippen molar-refractivity contribution >= 4 is 56.5 Å². The summed E-state index contributed by atoms with van der Waals surface area (Å²) in [7, 11) is 7.14. The quantitative estimate of drug-likeness (QED) is 0.555. The van der Waals surface area contributed by atoms with Gasteiger partial charge in [0, 0.05) is 13.1 Å². The van der Waals surface area contributed by atoms with Crippen LogP contribution in [0.3, 0.4) is 0 Å². The molecule has 0 N–H and O–H groups in total. The van der Waals surface area contributed by atoms with Gasteiger partial charge in [0.25, 0.3) is 5.91 Å². The summed E-state index contributed by atoms with van der Waals surface area (Å²) >= 11 is 2.50. The second-order valence-corrected chi connectivity index (χ2v) is 7.82. The average Bonchev–Trinajstić information content (AvgIpc) is 3.27. The highest BCUT2D eigenvalue weighted by atomic mass is 35.5. The standard InChI is InChI=1S/C17H21N5O3S2.ClH/c1-10-14(27-20-19-10)16(23)22(9-8-21(2)3)17-18-13-11(24-4)6-7-12(25-5)15(13)26-17;/h6-7H,8-9H2,1-5H3;1H. The number of likely N-dealkylation sites (N-methyl/N-ethyl adjacent to an activating group) is 1. The zero-order valence-electron chi connectivity index (χ0n) is 16.3. The van der Waals surface area contributed by atoms with Crippen molar-refractivity contribution in [3.8, 4) is 11.5 Å². The minimum absolute atomic E-state index is 0. The molecule has 2 aromatic heterocycles. The van der Waals surface area contributed by atoms with Crippen LogP contribution >= 0.6 is 35.3 Å². The lowest BCUT2D eigenvalue weighted by atomic mass is 10.3. The number of rotatable bonds is 7. The molecule has 28 heavy (non-hydrogen) atoms. The number of carbonyl (C=O) groups is 1. The number of fused-ring (bicyclic) bond motifs is 1. The van der Waals surface area contributed by atoms with Gasteiger partial charge in [-0.1, -0.05) is 15.8 Å². The molecule has 3 aromatic rings. The Balaban J connectivity index is 0.00000280. The molecule has 152 valence electrons. The number of aryl methyl sites for hydroxylation is 1. The molecule has 1 amide bonds. The maximum Gasteiger partial charge on any atom is 0.273 e. The maximum absolute atomic E-state index is 13.2. The average molecular weight is 444 g/mol. The van der Waals surface area contributed by atoms with E-state index in [1.807, 2.05) is 31.1 Å². The first-order valence-electron chi connectivity index (χ1n) is 8.23. The van der Waals surface area contributed by atoms with Crippen LogP contribution in [0.4, 0.5) is 5.13 Å². The van der Waals surface area contributed by atoms with Gasteiger partial charge in [0.15, 0.2) is 5.13 Å². The molecule has 0 aliphatic heterocycles. The number of benzene rings is 1. The summed E-state index contributed by atoms with van der Waals surface area (Å²) in [5, 5.41) is 4.55. The Hall–Kier alpha value is -2.01. The molecule has 0 atom stereocenters. The predicted molar refractivity (Wildman–Crippen MR) is 115 cm³/mol. The molecule has 0 fully saturated rings. The number of hydrogen-bond donors (Lipinski definition) is 0. The smallest absolute Gasteiger partial charge is 0.273 e. The highest BCUT2D eigenvalue weighted by Crippen LogP contribution is 2.40. The van der Waals surface area contributed by atoms with E-state index in [1.54, 1.807) is 26.0 Å². The fourth-order valence-electron chi connectivity index (χ4n) is 2.52. The zero-order valence-corrected chi connectivity index (χ0v) is 18.7. The Kier molecular flexibility index (Phi) is 7.53. The van der Waals surface area contributed by atoms with Crippen molar-refractivity contribution in [2.45, 2.75) is 6.92 Å². The predicted octanol–water partition coefficient (Wildman–Crippen LogP) is 3.10. The van der Waals surface area contributed by atoms with Crippen molar-refractivity contribution < 1.29 is 14.3 Å². The van der Waals surface area contributed by atoms with E-state index in [2.05, 4.69) is 9.59 Å². The molecular weight excluding hydrogens is 422 g/mol. The summed E-state index contributed by atoms with van der Waals surface area (Å²) in [4.78, 5) is 22.1. The second-order valence-electron chi connectivity index (χ2n) is 6.09. The van der Waals surface area contributed by atoms with Crippen LogP contribution < -0.4 is 14.4 Å². The monoisotopic (exact) mass is 443 g/mol. The van der Waals surface area contributed by atoms with E-state index in [-0.39, 0.29) is 18.3 Å². The van der Waals surface area contributed by atoms with E-state index in [4.69, 9.17) is 14.5 Å². The Morgan fingerprint density at radius 3 is 2.39 bits per heavy atom. The van der Waals surface area contributed by atoms with E-state index in [9.17, 15) is 4.79 Å². The maximum atomic E-state index is 13.2. The third kappa shape index (κ3) is 4.35. The normalized spacial score (nSPS) is 10.8. The first kappa shape index (κ1) is 22.3. The number of halogens is 1. The van der Waals surface area contributed by atoms with Gasteiger partial charge in [-0.3, -0.25) is 9.69 Å². The molecular formula is C17H22ClN5O3S2. The molecule has 8 nitrogen and oxygen atoms in total. The van der Waals surface area contributed by atoms with Gasteiger partial charge in [-0.2, -0.15) is 0 Å². The minimum atomic E-state index is -0.152. The molecule has 0 bridgehead atoms. The van der Waals surface area contributed by atoms with Gasteiger partial charge in [0.1, 0.15) is 26.6 Å².